The fourth-order valence-electron chi connectivity index (χ4n) is 3.14. The normalized spacial score (nSPS) is 15.0. The van der Waals surface area contributed by atoms with E-state index in [1.54, 1.807) is 17.0 Å². The van der Waals surface area contributed by atoms with E-state index >= 15 is 0 Å². The lowest BCUT2D eigenvalue weighted by Gasteiger charge is -2.23. The maximum Gasteiger partial charge on any atom is 0.417 e. The Bertz CT molecular complexity index is 867. The lowest BCUT2D eigenvalue weighted by molar-refractivity contribution is -0.137. The minimum absolute atomic E-state index is 0.163. The molecule has 2 aromatic rings. The largest absolute Gasteiger partial charge is 0.465 e. The van der Waals surface area contributed by atoms with E-state index in [0.717, 1.165) is 12.3 Å². The van der Waals surface area contributed by atoms with Crippen LogP contribution in [0.4, 0.5) is 19.0 Å². The summed E-state index contributed by atoms with van der Waals surface area (Å²) in [4.78, 5) is 31.7. The van der Waals surface area contributed by atoms with Crippen LogP contribution < -0.4 is 4.90 Å². The Morgan fingerprint density at radius 3 is 2.24 bits per heavy atom. The number of benzene rings is 1. The molecule has 2 heterocycles. The molecule has 1 aliphatic heterocycles. The highest BCUT2D eigenvalue weighted by Gasteiger charge is 2.31. The number of methoxy groups -OCH3 is 1. The van der Waals surface area contributed by atoms with Gasteiger partial charge in [0.2, 0.25) is 0 Å². The van der Waals surface area contributed by atoms with Crippen LogP contribution in [0.5, 0.6) is 0 Å². The second-order valence-electron chi connectivity index (χ2n) is 6.60. The zero-order chi connectivity index (χ0) is 21.0. The Balaban J connectivity index is 1.65. The van der Waals surface area contributed by atoms with Gasteiger partial charge in [0.05, 0.1) is 18.2 Å². The number of esters is 1. The second-order valence-corrected chi connectivity index (χ2v) is 6.60. The number of aromatic nitrogens is 1. The van der Waals surface area contributed by atoms with Crippen molar-refractivity contribution in [3.8, 4) is 0 Å². The fraction of sp³-hybridized carbons (Fsp3) is 0.350. The van der Waals surface area contributed by atoms with Crippen LogP contribution >= 0.6 is 0 Å². The highest BCUT2D eigenvalue weighted by molar-refractivity contribution is 5.96. The minimum atomic E-state index is -4.42. The first-order valence-electron chi connectivity index (χ1n) is 9.05. The van der Waals surface area contributed by atoms with Crippen molar-refractivity contribution in [3.63, 3.8) is 0 Å². The van der Waals surface area contributed by atoms with Crippen LogP contribution in [0.2, 0.25) is 0 Å². The zero-order valence-electron chi connectivity index (χ0n) is 15.8. The molecule has 1 amide bonds. The van der Waals surface area contributed by atoms with E-state index in [1.165, 1.54) is 25.3 Å². The first-order chi connectivity index (χ1) is 13.8. The molecule has 0 unspecified atom stereocenters. The van der Waals surface area contributed by atoms with Gasteiger partial charge in [-0.25, -0.2) is 9.78 Å². The molecule has 1 aliphatic rings. The molecule has 3 rings (SSSR count). The van der Waals surface area contributed by atoms with Crippen LogP contribution in [0, 0.1) is 0 Å². The summed E-state index contributed by atoms with van der Waals surface area (Å²) in [5.41, 5.74) is 0.0292. The molecule has 0 radical (unpaired) electrons. The number of carbonyl (C=O) groups is 2. The molecule has 6 nitrogen and oxygen atoms in total. The van der Waals surface area contributed by atoms with Crippen LogP contribution in [0.25, 0.3) is 0 Å². The second kappa shape index (κ2) is 8.50. The number of nitrogens with zero attached hydrogens (tertiary/aromatic N) is 3. The van der Waals surface area contributed by atoms with Gasteiger partial charge in [0, 0.05) is 37.9 Å². The standard InChI is InChI=1S/C20H20F3N3O3/c1-29-19(28)15-5-3-14(4-6-15)18(27)26-10-2-9-25(11-12-26)17-8-7-16(13-24-17)20(21,22)23/h3-8,13H,2,9-12H2,1H3. The average Bonchev–Trinajstić information content (AvgIpc) is 2.98. The van der Waals surface area contributed by atoms with E-state index in [1.807, 2.05) is 4.90 Å². The van der Waals surface area contributed by atoms with Gasteiger partial charge in [-0.05, 0) is 42.8 Å². The molecule has 1 saturated heterocycles. The molecular weight excluding hydrogens is 387 g/mol. The van der Waals surface area contributed by atoms with Crippen molar-refractivity contribution >= 4 is 17.7 Å². The highest BCUT2D eigenvalue weighted by Crippen LogP contribution is 2.29. The van der Waals surface area contributed by atoms with E-state index in [-0.39, 0.29) is 5.91 Å². The summed E-state index contributed by atoms with van der Waals surface area (Å²) in [5, 5.41) is 0. The Labute approximate surface area is 165 Å². The molecule has 1 fully saturated rings. The maximum atomic E-state index is 12.8. The number of ether oxygens (including phenoxy) is 1. The summed E-state index contributed by atoms with van der Waals surface area (Å²) in [6, 6.07) is 8.60. The monoisotopic (exact) mass is 407 g/mol. The maximum absolute atomic E-state index is 12.8. The van der Waals surface area contributed by atoms with E-state index in [4.69, 9.17) is 0 Å². The van der Waals surface area contributed by atoms with Gasteiger partial charge >= 0.3 is 12.1 Å². The van der Waals surface area contributed by atoms with Crippen LogP contribution in [-0.4, -0.2) is 55.0 Å². The highest BCUT2D eigenvalue weighted by atomic mass is 19.4. The van der Waals surface area contributed by atoms with E-state index in [2.05, 4.69) is 9.72 Å². The van der Waals surface area contributed by atoms with Crippen molar-refractivity contribution in [2.24, 2.45) is 0 Å². The Kier molecular flexibility index (Phi) is 6.05. The van der Waals surface area contributed by atoms with Crippen LogP contribution in [0.15, 0.2) is 42.6 Å². The summed E-state index contributed by atoms with van der Waals surface area (Å²) in [5.74, 6) is -0.183. The Morgan fingerprint density at radius 2 is 1.66 bits per heavy atom. The van der Waals surface area contributed by atoms with Crippen molar-refractivity contribution in [1.29, 1.82) is 0 Å². The fourth-order valence-corrected chi connectivity index (χ4v) is 3.14. The van der Waals surface area contributed by atoms with Gasteiger partial charge in [-0.3, -0.25) is 4.79 Å². The number of alkyl halides is 3. The third-order valence-electron chi connectivity index (χ3n) is 4.74. The summed E-state index contributed by atoms with van der Waals surface area (Å²) in [6.07, 6.45) is -2.93. The quantitative estimate of drug-likeness (QED) is 0.731. The SMILES string of the molecule is COC(=O)c1ccc(C(=O)N2CCCN(c3ccc(C(F)(F)F)cn3)CC2)cc1. The first kappa shape index (κ1) is 20.6. The topological polar surface area (TPSA) is 62.7 Å². The molecule has 0 spiro atoms. The van der Waals surface area contributed by atoms with Crippen molar-refractivity contribution < 1.29 is 27.5 Å². The van der Waals surface area contributed by atoms with Gasteiger partial charge in [0.1, 0.15) is 5.82 Å². The van der Waals surface area contributed by atoms with Gasteiger partial charge in [0.25, 0.3) is 5.91 Å². The zero-order valence-corrected chi connectivity index (χ0v) is 15.8. The summed E-state index contributed by atoms with van der Waals surface area (Å²) in [6.45, 7) is 1.99. The molecule has 0 atom stereocenters. The van der Waals surface area contributed by atoms with Gasteiger partial charge in [-0.2, -0.15) is 13.2 Å². The predicted molar refractivity (Wildman–Crippen MR) is 99.8 cm³/mol. The number of anilines is 1. The number of pyridine rings is 1. The lowest BCUT2D eigenvalue weighted by Crippen LogP contribution is -2.35. The predicted octanol–water partition coefficient (Wildman–Crippen LogP) is 3.24. The van der Waals surface area contributed by atoms with Crippen molar-refractivity contribution in [3.05, 3.63) is 59.3 Å². The third kappa shape index (κ3) is 4.85. The molecule has 0 N–H and O–H groups in total. The van der Waals surface area contributed by atoms with Crippen molar-refractivity contribution in [2.75, 3.05) is 38.2 Å². The van der Waals surface area contributed by atoms with E-state index < -0.39 is 17.7 Å². The molecule has 1 aromatic heterocycles. The van der Waals surface area contributed by atoms with Crippen LogP contribution in [0.1, 0.15) is 32.7 Å². The molecule has 29 heavy (non-hydrogen) atoms. The summed E-state index contributed by atoms with van der Waals surface area (Å²) < 4.78 is 42.7. The van der Waals surface area contributed by atoms with Crippen LogP contribution in [-0.2, 0) is 10.9 Å². The van der Waals surface area contributed by atoms with Gasteiger partial charge in [-0.15, -0.1) is 0 Å². The van der Waals surface area contributed by atoms with Gasteiger partial charge in [-0.1, -0.05) is 0 Å². The number of hydrogen-bond donors (Lipinski definition) is 0. The molecule has 1 aromatic carbocycles. The molecule has 9 heteroatoms. The Hall–Kier alpha value is -3.10. The molecule has 154 valence electrons. The number of hydrogen-bond acceptors (Lipinski definition) is 5. The third-order valence-corrected chi connectivity index (χ3v) is 4.74. The van der Waals surface area contributed by atoms with Crippen molar-refractivity contribution in [1.82, 2.24) is 9.88 Å². The molecule has 0 bridgehead atoms. The lowest BCUT2D eigenvalue weighted by atomic mass is 10.1. The number of halogens is 3. The number of carbonyl (C=O) groups excluding carboxylic acids is 2. The summed E-state index contributed by atoms with van der Waals surface area (Å²) in [7, 11) is 1.29. The van der Waals surface area contributed by atoms with E-state index in [9.17, 15) is 22.8 Å². The van der Waals surface area contributed by atoms with Crippen LogP contribution in [0.3, 0.4) is 0 Å². The number of amides is 1. The Morgan fingerprint density at radius 1 is 0.966 bits per heavy atom. The first-order valence-corrected chi connectivity index (χ1v) is 9.05. The average molecular weight is 407 g/mol. The molecule has 0 aliphatic carbocycles. The van der Waals surface area contributed by atoms with E-state index in [0.29, 0.717) is 49.5 Å². The minimum Gasteiger partial charge on any atom is -0.465 e. The smallest absolute Gasteiger partial charge is 0.417 e. The van der Waals surface area contributed by atoms with Gasteiger partial charge in [0.15, 0.2) is 0 Å². The van der Waals surface area contributed by atoms with Crippen molar-refractivity contribution in [2.45, 2.75) is 12.6 Å². The summed E-state index contributed by atoms with van der Waals surface area (Å²) >= 11 is 0. The molecule has 0 saturated carbocycles. The molecular formula is C20H20F3N3O3. The number of rotatable bonds is 3. The van der Waals surface area contributed by atoms with Gasteiger partial charge < -0.3 is 14.5 Å².